The van der Waals surface area contributed by atoms with Crippen LogP contribution in [0, 0.1) is 0 Å². The van der Waals surface area contributed by atoms with E-state index in [1.165, 1.54) is 4.90 Å². The molecule has 30 heavy (non-hydrogen) atoms. The summed E-state index contributed by atoms with van der Waals surface area (Å²) < 4.78 is 11.8. The Morgan fingerprint density at radius 1 is 1.17 bits per heavy atom. The second kappa shape index (κ2) is 8.62. The molecule has 6 nitrogen and oxygen atoms in total. The zero-order valence-corrected chi connectivity index (χ0v) is 18.1. The summed E-state index contributed by atoms with van der Waals surface area (Å²) in [6, 6.07) is 13.5. The first-order valence-electron chi connectivity index (χ1n) is 9.79. The van der Waals surface area contributed by atoms with E-state index in [4.69, 9.17) is 9.47 Å². The predicted octanol–water partition coefficient (Wildman–Crippen LogP) is 4.06. The molecule has 2 aromatic carbocycles. The van der Waals surface area contributed by atoms with Gasteiger partial charge in [0.05, 0.1) is 24.8 Å². The highest BCUT2D eigenvalue weighted by atomic mass is 79.9. The fourth-order valence-corrected chi connectivity index (χ4v) is 4.24. The molecule has 0 bridgehead atoms. The van der Waals surface area contributed by atoms with Gasteiger partial charge in [-0.05, 0) is 42.7 Å². The zero-order chi connectivity index (χ0) is 21.3. The third-order valence-corrected chi connectivity index (χ3v) is 6.04. The van der Waals surface area contributed by atoms with Crippen LogP contribution < -0.4 is 4.74 Å². The van der Waals surface area contributed by atoms with Gasteiger partial charge < -0.3 is 19.5 Å². The Hall–Kier alpha value is -2.64. The van der Waals surface area contributed by atoms with E-state index in [1.807, 2.05) is 12.1 Å². The molecule has 2 aliphatic heterocycles. The minimum atomic E-state index is -0.691. The summed E-state index contributed by atoms with van der Waals surface area (Å²) in [4.78, 5) is 27.5. The SMILES string of the molecule is COc1ccc(C2/C(=C(/O)c3ccc(Br)cc3)C(=O)C(=O)N2CC2CCCO2)cc1. The number of likely N-dealkylation sites (tertiary alicyclic amines) is 1. The van der Waals surface area contributed by atoms with Crippen molar-refractivity contribution in [3.63, 3.8) is 0 Å². The van der Waals surface area contributed by atoms with E-state index in [0.717, 1.165) is 22.9 Å². The van der Waals surface area contributed by atoms with Crippen molar-refractivity contribution in [1.29, 1.82) is 0 Å². The first-order chi connectivity index (χ1) is 14.5. The van der Waals surface area contributed by atoms with Crippen LogP contribution in [0.3, 0.4) is 0 Å². The zero-order valence-electron chi connectivity index (χ0n) is 16.5. The van der Waals surface area contributed by atoms with Gasteiger partial charge in [0.25, 0.3) is 11.7 Å². The van der Waals surface area contributed by atoms with Gasteiger partial charge in [0.2, 0.25) is 0 Å². The van der Waals surface area contributed by atoms with E-state index in [2.05, 4.69) is 15.9 Å². The molecule has 0 radical (unpaired) electrons. The van der Waals surface area contributed by atoms with Crippen LogP contribution >= 0.6 is 15.9 Å². The van der Waals surface area contributed by atoms with Crippen LogP contribution in [0.5, 0.6) is 5.75 Å². The Labute approximate surface area is 183 Å². The minimum absolute atomic E-state index is 0.0884. The van der Waals surface area contributed by atoms with Crippen LogP contribution in [0.15, 0.2) is 58.6 Å². The van der Waals surface area contributed by atoms with E-state index in [0.29, 0.717) is 24.5 Å². The average Bonchev–Trinajstić information content (AvgIpc) is 3.36. The van der Waals surface area contributed by atoms with Gasteiger partial charge in [0.1, 0.15) is 11.5 Å². The number of hydrogen-bond acceptors (Lipinski definition) is 5. The molecule has 2 aliphatic rings. The first-order valence-corrected chi connectivity index (χ1v) is 10.6. The molecule has 0 aromatic heterocycles. The predicted molar refractivity (Wildman–Crippen MR) is 115 cm³/mol. The van der Waals surface area contributed by atoms with Gasteiger partial charge in [-0.3, -0.25) is 9.59 Å². The number of methoxy groups -OCH3 is 1. The second-order valence-electron chi connectivity index (χ2n) is 7.37. The van der Waals surface area contributed by atoms with E-state index in [-0.39, 0.29) is 17.4 Å². The van der Waals surface area contributed by atoms with Crippen LogP contribution in [0.4, 0.5) is 0 Å². The normalized spacial score (nSPS) is 23.2. The van der Waals surface area contributed by atoms with Crippen molar-refractivity contribution in [2.75, 3.05) is 20.3 Å². The molecule has 0 aliphatic carbocycles. The van der Waals surface area contributed by atoms with E-state index < -0.39 is 17.7 Å². The Balaban J connectivity index is 1.80. The number of aliphatic hydroxyl groups excluding tert-OH is 1. The lowest BCUT2D eigenvalue weighted by Gasteiger charge is -2.27. The lowest BCUT2D eigenvalue weighted by atomic mass is 9.95. The highest BCUT2D eigenvalue weighted by Crippen LogP contribution is 2.40. The molecule has 2 aromatic rings. The molecular formula is C23H22BrNO5. The lowest BCUT2D eigenvalue weighted by molar-refractivity contribution is -0.140. The fraction of sp³-hybridized carbons (Fsp3) is 0.304. The lowest BCUT2D eigenvalue weighted by Crippen LogP contribution is -2.36. The van der Waals surface area contributed by atoms with Crippen LogP contribution in [0.25, 0.3) is 5.76 Å². The summed E-state index contributed by atoms with van der Waals surface area (Å²) in [6.45, 7) is 0.957. The van der Waals surface area contributed by atoms with Gasteiger partial charge in [-0.1, -0.05) is 40.2 Å². The Morgan fingerprint density at radius 3 is 2.47 bits per heavy atom. The van der Waals surface area contributed by atoms with E-state index in [1.54, 1.807) is 43.5 Å². The van der Waals surface area contributed by atoms with E-state index >= 15 is 0 Å². The van der Waals surface area contributed by atoms with Crippen LogP contribution in [-0.4, -0.2) is 48.1 Å². The molecule has 1 amide bonds. The molecule has 2 heterocycles. The summed E-state index contributed by atoms with van der Waals surface area (Å²) in [7, 11) is 1.58. The van der Waals surface area contributed by atoms with Crippen LogP contribution in [0.1, 0.15) is 30.0 Å². The number of nitrogens with zero attached hydrogens (tertiary/aromatic N) is 1. The summed E-state index contributed by atoms with van der Waals surface area (Å²) in [5.74, 6) is -0.821. The first kappa shape index (κ1) is 20.6. The number of halogens is 1. The van der Waals surface area contributed by atoms with Crippen molar-refractivity contribution in [2.45, 2.75) is 25.0 Å². The molecule has 2 fully saturated rings. The van der Waals surface area contributed by atoms with Crippen molar-refractivity contribution >= 4 is 33.4 Å². The number of rotatable bonds is 5. The maximum absolute atomic E-state index is 13.0. The van der Waals surface area contributed by atoms with Gasteiger partial charge in [0.15, 0.2) is 0 Å². The molecular weight excluding hydrogens is 450 g/mol. The molecule has 4 rings (SSSR count). The molecule has 156 valence electrons. The Morgan fingerprint density at radius 2 is 1.87 bits per heavy atom. The van der Waals surface area contributed by atoms with Gasteiger partial charge in [-0.2, -0.15) is 0 Å². The third kappa shape index (κ3) is 3.87. The highest BCUT2D eigenvalue weighted by molar-refractivity contribution is 9.10. The molecule has 1 N–H and O–H groups in total. The topological polar surface area (TPSA) is 76.1 Å². The van der Waals surface area contributed by atoms with Crippen LogP contribution in [0.2, 0.25) is 0 Å². The standard InChI is InChI=1S/C23H22BrNO5/c1-29-17-10-6-14(7-11-17)20-19(21(26)15-4-8-16(24)9-5-15)22(27)23(28)25(20)13-18-3-2-12-30-18/h4-11,18,20,26H,2-3,12-13H2,1H3/b21-19-. The molecule has 7 heteroatoms. The quantitative estimate of drug-likeness (QED) is 0.404. The number of aliphatic hydroxyl groups is 1. The number of hydrogen-bond donors (Lipinski definition) is 1. The third-order valence-electron chi connectivity index (χ3n) is 5.51. The maximum Gasteiger partial charge on any atom is 0.295 e. The van der Waals surface area contributed by atoms with Gasteiger partial charge in [0, 0.05) is 23.2 Å². The van der Waals surface area contributed by atoms with Gasteiger partial charge >= 0.3 is 0 Å². The highest BCUT2D eigenvalue weighted by Gasteiger charge is 2.47. The Kier molecular flexibility index (Phi) is 5.92. The van der Waals surface area contributed by atoms with Crippen molar-refractivity contribution in [2.24, 2.45) is 0 Å². The summed E-state index contributed by atoms with van der Waals surface area (Å²) in [6.07, 6.45) is 1.66. The van der Waals surface area contributed by atoms with E-state index in [9.17, 15) is 14.7 Å². The minimum Gasteiger partial charge on any atom is -0.507 e. The van der Waals surface area contributed by atoms with Crippen molar-refractivity contribution in [3.05, 3.63) is 69.7 Å². The largest absolute Gasteiger partial charge is 0.507 e. The van der Waals surface area contributed by atoms with Crippen molar-refractivity contribution in [3.8, 4) is 5.75 Å². The second-order valence-corrected chi connectivity index (χ2v) is 8.28. The Bertz CT molecular complexity index is 978. The fourth-order valence-electron chi connectivity index (χ4n) is 3.97. The average molecular weight is 472 g/mol. The van der Waals surface area contributed by atoms with Gasteiger partial charge in [-0.15, -0.1) is 0 Å². The number of carbonyl (C=O) groups is 2. The molecule has 2 atom stereocenters. The number of benzene rings is 2. The summed E-state index contributed by atoms with van der Waals surface area (Å²) >= 11 is 3.37. The van der Waals surface area contributed by atoms with Crippen molar-refractivity contribution in [1.82, 2.24) is 4.90 Å². The molecule has 0 spiro atoms. The summed E-state index contributed by atoms with van der Waals surface area (Å²) in [5.41, 5.74) is 1.30. The number of ether oxygens (including phenoxy) is 2. The molecule has 0 saturated carbocycles. The van der Waals surface area contributed by atoms with Crippen LogP contribution in [-0.2, 0) is 14.3 Å². The molecule has 2 unspecified atom stereocenters. The van der Waals surface area contributed by atoms with Crippen molar-refractivity contribution < 1.29 is 24.2 Å². The smallest absolute Gasteiger partial charge is 0.295 e. The van der Waals surface area contributed by atoms with Gasteiger partial charge in [-0.25, -0.2) is 0 Å². The summed E-state index contributed by atoms with van der Waals surface area (Å²) in [5, 5.41) is 11.0. The number of ketones is 1. The monoisotopic (exact) mass is 471 g/mol. The molecule has 2 saturated heterocycles. The number of Topliss-reactive ketones (excluding diaryl/α,β-unsaturated/α-hetero) is 1. The number of carbonyl (C=O) groups excluding carboxylic acids is 2. The maximum atomic E-state index is 13.0. The number of amides is 1.